The zero-order valence-electron chi connectivity index (χ0n) is 10.5. The average molecular weight is 331 g/mol. The molecule has 1 amide bonds. The summed E-state index contributed by atoms with van der Waals surface area (Å²) in [5.41, 5.74) is 0.597. The number of likely N-dealkylation sites (tertiary alicyclic amines) is 1. The summed E-state index contributed by atoms with van der Waals surface area (Å²) in [6, 6.07) is 5.73. The van der Waals surface area contributed by atoms with Gasteiger partial charge in [0.1, 0.15) is 0 Å². The van der Waals surface area contributed by atoms with Gasteiger partial charge in [-0.1, -0.05) is 40.4 Å². The molecule has 18 heavy (non-hydrogen) atoms. The van der Waals surface area contributed by atoms with Crippen LogP contribution in [0.5, 0.6) is 0 Å². The molecule has 1 unspecified atom stereocenters. The fourth-order valence-corrected chi connectivity index (χ4v) is 2.95. The lowest BCUT2D eigenvalue weighted by Crippen LogP contribution is -2.38. The number of amides is 1. The summed E-state index contributed by atoms with van der Waals surface area (Å²) in [7, 11) is 0. The first-order chi connectivity index (χ1) is 8.59. The quantitative estimate of drug-likeness (QED) is 0.742. The Hall–Kier alpha value is -0.540. The average Bonchev–Trinajstić information content (AvgIpc) is 2.56. The normalized spacial score (nSPS) is 20.6. The monoisotopic (exact) mass is 329 g/mol. The number of nitrogens with zero attached hydrogens (tertiary/aromatic N) is 1. The summed E-state index contributed by atoms with van der Waals surface area (Å²) in [5, 5.41) is 0.527. The maximum Gasteiger partial charge on any atom is 0.255 e. The molecule has 0 spiro atoms. The van der Waals surface area contributed by atoms with Crippen LogP contribution in [-0.4, -0.2) is 23.4 Å². The lowest BCUT2D eigenvalue weighted by molar-refractivity contribution is 0.0698. The van der Waals surface area contributed by atoms with Crippen molar-refractivity contribution < 1.29 is 4.79 Å². The maximum atomic E-state index is 12.6. The van der Waals surface area contributed by atoms with Gasteiger partial charge in [-0.25, -0.2) is 0 Å². The first kappa shape index (κ1) is 13.9. The van der Waals surface area contributed by atoms with Gasteiger partial charge in [-0.15, -0.1) is 0 Å². The zero-order valence-corrected chi connectivity index (χ0v) is 12.8. The Kier molecular flexibility index (Phi) is 4.68. The standard InChI is InChI=1S/C14H17BrClNO/c1-10-5-3-2-4-8-17(10)14(18)12-9-11(15)6-7-13(12)16/h6-7,9-10H,2-5,8H2,1H3. The number of halogens is 2. The molecular formula is C14H17BrClNO. The summed E-state index contributed by atoms with van der Waals surface area (Å²) in [4.78, 5) is 14.5. The minimum atomic E-state index is 0.0516. The zero-order chi connectivity index (χ0) is 13.1. The molecule has 0 aromatic heterocycles. The Morgan fingerprint density at radius 1 is 1.39 bits per heavy atom. The van der Waals surface area contributed by atoms with E-state index in [0.717, 1.165) is 23.9 Å². The van der Waals surface area contributed by atoms with E-state index in [1.807, 2.05) is 17.0 Å². The van der Waals surface area contributed by atoms with Crippen molar-refractivity contribution in [2.75, 3.05) is 6.54 Å². The van der Waals surface area contributed by atoms with E-state index in [-0.39, 0.29) is 5.91 Å². The number of rotatable bonds is 1. The van der Waals surface area contributed by atoms with Gasteiger partial charge in [-0.3, -0.25) is 4.79 Å². The van der Waals surface area contributed by atoms with Crippen molar-refractivity contribution >= 4 is 33.4 Å². The molecule has 98 valence electrons. The predicted molar refractivity (Wildman–Crippen MR) is 78.1 cm³/mol. The van der Waals surface area contributed by atoms with Crippen molar-refractivity contribution in [1.29, 1.82) is 0 Å². The van der Waals surface area contributed by atoms with Gasteiger partial charge in [0.05, 0.1) is 10.6 Å². The summed E-state index contributed by atoms with van der Waals surface area (Å²) < 4.78 is 0.887. The molecule has 1 aromatic rings. The third-order valence-electron chi connectivity index (χ3n) is 3.47. The van der Waals surface area contributed by atoms with Gasteiger partial charge in [-0.05, 0) is 38.0 Å². The molecule has 0 bridgehead atoms. The molecule has 1 saturated heterocycles. The Bertz CT molecular complexity index is 449. The molecular weight excluding hydrogens is 314 g/mol. The van der Waals surface area contributed by atoms with Crippen LogP contribution in [0.1, 0.15) is 43.0 Å². The van der Waals surface area contributed by atoms with E-state index >= 15 is 0 Å². The third kappa shape index (κ3) is 3.07. The van der Waals surface area contributed by atoms with Crippen molar-refractivity contribution in [3.63, 3.8) is 0 Å². The summed E-state index contributed by atoms with van der Waals surface area (Å²) in [5.74, 6) is 0.0516. The van der Waals surface area contributed by atoms with Crippen molar-refractivity contribution in [3.05, 3.63) is 33.3 Å². The Balaban J connectivity index is 2.26. The first-order valence-electron chi connectivity index (χ1n) is 6.35. The van der Waals surface area contributed by atoms with E-state index in [0.29, 0.717) is 16.6 Å². The molecule has 0 radical (unpaired) electrons. The van der Waals surface area contributed by atoms with Crippen molar-refractivity contribution in [2.24, 2.45) is 0 Å². The van der Waals surface area contributed by atoms with E-state index in [1.165, 1.54) is 12.8 Å². The van der Waals surface area contributed by atoms with Gasteiger partial charge in [0.2, 0.25) is 0 Å². The highest BCUT2D eigenvalue weighted by Crippen LogP contribution is 2.25. The number of carbonyl (C=O) groups excluding carboxylic acids is 1. The SMILES string of the molecule is CC1CCCCCN1C(=O)c1cc(Br)ccc1Cl. The van der Waals surface area contributed by atoms with E-state index in [1.54, 1.807) is 6.07 Å². The fraction of sp³-hybridized carbons (Fsp3) is 0.500. The minimum Gasteiger partial charge on any atom is -0.336 e. The molecule has 2 rings (SSSR count). The number of hydrogen-bond acceptors (Lipinski definition) is 1. The highest BCUT2D eigenvalue weighted by Gasteiger charge is 2.24. The highest BCUT2D eigenvalue weighted by molar-refractivity contribution is 9.10. The highest BCUT2D eigenvalue weighted by atomic mass is 79.9. The van der Waals surface area contributed by atoms with Gasteiger partial charge in [0.25, 0.3) is 5.91 Å². The van der Waals surface area contributed by atoms with E-state index in [4.69, 9.17) is 11.6 Å². The molecule has 0 aliphatic carbocycles. The molecule has 1 aliphatic heterocycles. The van der Waals surface area contributed by atoms with Gasteiger partial charge >= 0.3 is 0 Å². The van der Waals surface area contributed by atoms with E-state index in [2.05, 4.69) is 22.9 Å². The molecule has 2 nitrogen and oxygen atoms in total. The number of hydrogen-bond donors (Lipinski definition) is 0. The molecule has 1 aliphatic rings. The van der Waals surface area contributed by atoms with Gasteiger partial charge < -0.3 is 4.90 Å². The van der Waals surface area contributed by atoms with Crippen LogP contribution in [-0.2, 0) is 0 Å². The molecule has 1 aromatic carbocycles. The topological polar surface area (TPSA) is 20.3 Å². The van der Waals surface area contributed by atoms with Crippen LogP contribution in [0.2, 0.25) is 5.02 Å². The molecule has 0 N–H and O–H groups in total. The third-order valence-corrected chi connectivity index (χ3v) is 4.30. The van der Waals surface area contributed by atoms with Crippen molar-refractivity contribution in [3.8, 4) is 0 Å². The molecule has 0 saturated carbocycles. The van der Waals surface area contributed by atoms with E-state index < -0.39 is 0 Å². The van der Waals surface area contributed by atoms with Gasteiger partial charge in [0.15, 0.2) is 0 Å². The smallest absolute Gasteiger partial charge is 0.255 e. The summed E-state index contributed by atoms with van der Waals surface area (Å²) >= 11 is 9.52. The fourth-order valence-electron chi connectivity index (χ4n) is 2.39. The molecule has 4 heteroatoms. The van der Waals surface area contributed by atoms with Crippen LogP contribution in [0.3, 0.4) is 0 Å². The largest absolute Gasteiger partial charge is 0.336 e. The van der Waals surface area contributed by atoms with Gasteiger partial charge in [-0.2, -0.15) is 0 Å². The second kappa shape index (κ2) is 6.07. The Morgan fingerprint density at radius 2 is 2.17 bits per heavy atom. The second-order valence-electron chi connectivity index (χ2n) is 4.82. The first-order valence-corrected chi connectivity index (χ1v) is 7.52. The predicted octanol–water partition coefficient (Wildman–Crippen LogP) is 4.51. The summed E-state index contributed by atoms with van der Waals surface area (Å²) in [6.07, 6.45) is 4.58. The van der Waals surface area contributed by atoms with E-state index in [9.17, 15) is 4.79 Å². The lowest BCUT2D eigenvalue weighted by Gasteiger charge is -2.27. The number of carbonyl (C=O) groups is 1. The van der Waals surface area contributed by atoms with Crippen LogP contribution in [0.4, 0.5) is 0 Å². The Labute approximate surface area is 121 Å². The minimum absolute atomic E-state index is 0.0516. The molecule has 1 heterocycles. The van der Waals surface area contributed by atoms with Crippen LogP contribution in [0.25, 0.3) is 0 Å². The molecule has 1 fully saturated rings. The van der Waals surface area contributed by atoms with Crippen molar-refractivity contribution in [2.45, 2.75) is 38.6 Å². The molecule has 1 atom stereocenters. The van der Waals surface area contributed by atoms with Crippen molar-refractivity contribution in [1.82, 2.24) is 4.90 Å². The van der Waals surface area contributed by atoms with Crippen LogP contribution < -0.4 is 0 Å². The van der Waals surface area contributed by atoms with Crippen LogP contribution in [0, 0.1) is 0 Å². The van der Waals surface area contributed by atoms with Gasteiger partial charge in [0, 0.05) is 17.1 Å². The van der Waals surface area contributed by atoms with Crippen LogP contribution in [0.15, 0.2) is 22.7 Å². The number of benzene rings is 1. The second-order valence-corrected chi connectivity index (χ2v) is 6.14. The maximum absolute atomic E-state index is 12.6. The summed E-state index contributed by atoms with van der Waals surface area (Å²) in [6.45, 7) is 2.96. The lowest BCUT2D eigenvalue weighted by atomic mass is 10.1. The Morgan fingerprint density at radius 3 is 2.94 bits per heavy atom. The van der Waals surface area contributed by atoms with Crippen LogP contribution >= 0.6 is 27.5 Å².